The molecule has 0 amide bonds. The Hall–Kier alpha value is -1.79. The van der Waals surface area contributed by atoms with Crippen LogP contribution in [0.1, 0.15) is 0 Å². The molecule has 0 radical (unpaired) electrons. The number of imidazole rings is 1. The van der Waals surface area contributed by atoms with Crippen molar-refractivity contribution < 1.29 is 0 Å². The van der Waals surface area contributed by atoms with Crippen molar-refractivity contribution in [3.8, 4) is 0 Å². The maximum atomic E-state index is 6.03. The summed E-state index contributed by atoms with van der Waals surface area (Å²) in [5.41, 5.74) is 7.49. The van der Waals surface area contributed by atoms with E-state index in [1.54, 1.807) is 0 Å². The van der Waals surface area contributed by atoms with Crippen LogP contribution in [0.15, 0.2) is 40.8 Å². The van der Waals surface area contributed by atoms with Gasteiger partial charge < -0.3 is 10.7 Å². The van der Waals surface area contributed by atoms with Crippen molar-refractivity contribution in [2.75, 3.05) is 5.73 Å². The number of aromatic nitrogens is 4. The number of nitrogens with zero attached hydrogens (tertiary/aromatic N) is 3. The lowest BCUT2D eigenvalue weighted by Gasteiger charge is -2.01. The van der Waals surface area contributed by atoms with E-state index >= 15 is 0 Å². The van der Waals surface area contributed by atoms with Crippen molar-refractivity contribution in [2.45, 2.75) is 10.2 Å². The zero-order valence-electron chi connectivity index (χ0n) is 9.09. The van der Waals surface area contributed by atoms with E-state index in [2.05, 4.69) is 19.9 Å². The third-order valence-electron chi connectivity index (χ3n) is 2.35. The number of para-hydroxylation sites is 2. The van der Waals surface area contributed by atoms with Crippen molar-refractivity contribution in [3.63, 3.8) is 0 Å². The molecule has 0 saturated carbocycles. The van der Waals surface area contributed by atoms with Crippen molar-refractivity contribution >= 4 is 40.2 Å². The van der Waals surface area contributed by atoms with Crippen LogP contribution in [0.25, 0.3) is 11.0 Å². The second-order valence-corrected chi connectivity index (χ2v) is 4.89. The highest BCUT2D eigenvalue weighted by Gasteiger charge is 2.11. The largest absolute Gasteiger partial charge is 0.382 e. The number of nitrogen functional groups attached to an aromatic ring is 1. The SMILES string of the molecule is Nc1ncnc(Sc2nc3ccccc3[nH]2)c1Cl. The maximum absolute atomic E-state index is 6.03. The van der Waals surface area contributed by atoms with Crippen LogP contribution in [0.5, 0.6) is 0 Å². The summed E-state index contributed by atoms with van der Waals surface area (Å²) in [7, 11) is 0. The Morgan fingerprint density at radius 2 is 2.06 bits per heavy atom. The van der Waals surface area contributed by atoms with E-state index < -0.39 is 0 Å². The van der Waals surface area contributed by atoms with Crippen LogP contribution in [-0.4, -0.2) is 19.9 Å². The first kappa shape index (κ1) is 11.3. The summed E-state index contributed by atoms with van der Waals surface area (Å²) in [6.45, 7) is 0. The minimum atomic E-state index is 0.269. The molecule has 0 atom stereocenters. The third-order valence-corrected chi connectivity index (χ3v) is 3.72. The van der Waals surface area contributed by atoms with Crippen molar-refractivity contribution in [1.29, 1.82) is 0 Å². The lowest BCUT2D eigenvalue weighted by atomic mass is 10.3. The van der Waals surface area contributed by atoms with Crippen LogP contribution in [-0.2, 0) is 0 Å². The molecule has 90 valence electrons. The summed E-state index contributed by atoms with van der Waals surface area (Å²) < 4.78 is 0. The summed E-state index contributed by atoms with van der Waals surface area (Å²) in [6.07, 6.45) is 1.38. The van der Waals surface area contributed by atoms with E-state index in [0.29, 0.717) is 10.0 Å². The van der Waals surface area contributed by atoms with Gasteiger partial charge in [-0.2, -0.15) is 0 Å². The Morgan fingerprint density at radius 1 is 1.22 bits per heavy atom. The van der Waals surface area contributed by atoms with Gasteiger partial charge in [-0.05, 0) is 23.9 Å². The predicted octanol–water partition coefficient (Wildman–Crippen LogP) is 2.74. The number of hydrogen-bond acceptors (Lipinski definition) is 5. The molecular formula is C11H8ClN5S. The monoisotopic (exact) mass is 277 g/mol. The van der Waals surface area contributed by atoms with Crippen LogP contribution in [0, 0.1) is 0 Å². The van der Waals surface area contributed by atoms with Gasteiger partial charge in [0.25, 0.3) is 0 Å². The van der Waals surface area contributed by atoms with Gasteiger partial charge in [0.15, 0.2) is 5.16 Å². The van der Waals surface area contributed by atoms with Gasteiger partial charge in [0.2, 0.25) is 0 Å². The molecular weight excluding hydrogens is 270 g/mol. The highest BCUT2D eigenvalue weighted by molar-refractivity contribution is 7.99. The van der Waals surface area contributed by atoms with Crippen LogP contribution in [0.3, 0.4) is 0 Å². The summed E-state index contributed by atoms with van der Waals surface area (Å²) >= 11 is 7.35. The number of anilines is 1. The summed E-state index contributed by atoms with van der Waals surface area (Å²) in [6, 6.07) is 7.78. The molecule has 0 bridgehead atoms. The lowest BCUT2D eigenvalue weighted by molar-refractivity contribution is 1.03. The third kappa shape index (κ3) is 2.00. The molecule has 2 aromatic heterocycles. The van der Waals surface area contributed by atoms with E-state index in [0.717, 1.165) is 16.2 Å². The van der Waals surface area contributed by atoms with Crippen LogP contribution in [0.4, 0.5) is 5.82 Å². The fourth-order valence-corrected chi connectivity index (χ4v) is 2.50. The van der Waals surface area contributed by atoms with E-state index in [4.69, 9.17) is 17.3 Å². The van der Waals surface area contributed by atoms with E-state index in [-0.39, 0.29) is 5.82 Å². The molecule has 3 aromatic rings. The van der Waals surface area contributed by atoms with Gasteiger partial charge in [0.05, 0.1) is 11.0 Å². The Balaban J connectivity index is 1.99. The average molecular weight is 278 g/mol. The number of nitrogens with one attached hydrogen (secondary N) is 1. The van der Waals surface area contributed by atoms with Crippen molar-refractivity contribution in [3.05, 3.63) is 35.6 Å². The Bertz CT molecular complexity index is 678. The molecule has 0 saturated heterocycles. The predicted molar refractivity (Wildman–Crippen MR) is 71.7 cm³/mol. The van der Waals surface area contributed by atoms with Gasteiger partial charge in [-0.25, -0.2) is 15.0 Å². The van der Waals surface area contributed by atoms with Gasteiger partial charge in [-0.15, -0.1) is 0 Å². The highest BCUT2D eigenvalue weighted by Crippen LogP contribution is 2.32. The number of hydrogen-bond donors (Lipinski definition) is 2. The first-order valence-electron chi connectivity index (χ1n) is 5.12. The molecule has 5 nitrogen and oxygen atoms in total. The summed E-state index contributed by atoms with van der Waals surface area (Å²) in [5, 5.41) is 1.65. The molecule has 18 heavy (non-hydrogen) atoms. The molecule has 2 heterocycles. The number of aromatic amines is 1. The summed E-state index contributed by atoms with van der Waals surface area (Å²) in [5.74, 6) is 0.269. The lowest BCUT2D eigenvalue weighted by Crippen LogP contribution is -1.94. The molecule has 0 spiro atoms. The fraction of sp³-hybridized carbons (Fsp3) is 0. The minimum absolute atomic E-state index is 0.269. The topological polar surface area (TPSA) is 80.5 Å². The van der Waals surface area contributed by atoms with Gasteiger partial charge >= 0.3 is 0 Å². The molecule has 7 heteroatoms. The molecule has 0 fully saturated rings. The maximum Gasteiger partial charge on any atom is 0.172 e. The number of H-pyrrole nitrogens is 1. The Kier molecular flexibility index (Phi) is 2.81. The zero-order chi connectivity index (χ0) is 12.5. The summed E-state index contributed by atoms with van der Waals surface area (Å²) in [4.78, 5) is 15.5. The standard InChI is InChI=1S/C11H8ClN5S/c12-8-9(13)14-5-15-10(8)18-11-16-6-3-1-2-4-7(6)17-11/h1-5H,(H,16,17)(H2,13,14,15). The minimum Gasteiger partial charge on any atom is -0.382 e. The van der Waals surface area contributed by atoms with E-state index in [1.807, 2.05) is 24.3 Å². The molecule has 3 rings (SSSR count). The Morgan fingerprint density at radius 3 is 2.89 bits per heavy atom. The Labute approximate surface area is 112 Å². The molecule has 1 aromatic carbocycles. The van der Waals surface area contributed by atoms with Gasteiger partial charge in [0.1, 0.15) is 22.2 Å². The van der Waals surface area contributed by atoms with Gasteiger partial charge in [-0.1, -0.05) is 23.7 Å². The van der Waals surface area contributed by atoms with Crippen LogP contribution >= 0.6 is 23.4 Å². The molecule has 0 aliphatic carbocycles. The quantitative estimate of drug-likeness (QED) is 0.704. The highest BCUT2D eigenvalue weighted by atomic mass is 35.5. The van der Waals surface area contributed by atoms with Crippen molar-refractivity contribution in [1.82, 2.24) is 19.9 Å². The van der Waals surface area contributed by atoms with Crippen LogP contribution in [0.2, 0.25) is 5.02 Å². The van der Waals surface area contributed by atoms with E-state index in [9.17, 15) is 0 Å². The number of rotatable bonds is 2. The van der Waals surface area contributed by atoms with E-state index in [1.165, 1.54) is 18.1 Å². The molecule has 0 aliphatic rings. The first-order valence-corrected chi connectivity index (χ1v) is 6.32. The van der Waals surface area contributed by atoms with Gasteiger partial charge in [0, 0.05) is 0 Å². The smallest absolute Gasteiger partial charge is 0.172 e. The number of fused-ring (bicyclic) bond motifs is 1. The second-order valence-electron chi connectivity index (χ2n) is 3.54. The number of benzene rings is 1. The zero-order valence-corrected chi connectivity index (χ0v) is 10.7. The van der Waals surface area contributed by atoms with Gasteiger partial charge in [-0.3, -0.25) is 0 Å². The number of nitrogens with two attached hydrogens (primary N) is 1. The normalized spacial score (nSPS) is 10.9. The fourth-order valence-electron chi connectivity index (χ4n) is 1.51. The van der Waals surface area contributed by atoms with Crippen molar-refractivity contribution in [2.24, 2.45) is 0 Å². The van der Waals surface area contributed by atoms with Crippen LogP contribution < -0.4 is 5.73 Å². The second kappa shape index (κ2) is 4.47. The average Bonchev–Trinajstić information content (AvgIpc) is 2.77. The molecule has 0 aliphatic heterocycles. The molecule has 0 unspecified atom stereocenters. The first-order chi connectivity index (χ1) is 8.74. The molecule has 3 N–H and O–H groups in total. The number of halogens is 1.